The molecule has 0 aliphatic carbocycles. The van der Waals surface area contributed by atoms with Crippen molar-refractivity contribution in [3.05, 3.63) is 34.1 Å². The summed E-state index contributed by atoms with van der Waals surface area (Å²) in [6.45, 7) is 0. The van der Waals surface area contributed by atoms with Crippen molar-refractivity contribution in [2.75, 3.05) is 0 Å². The fourth-order valence-electron chi connectivity index (χ4n) is 0.521. The summed E-state index contributed by atoms with van der Waals surface area (Å²) in [4.78, 5) is 6.53. The number of hydrogen-bond donors (Lipinski definition) is 3. The van der Waals surface area contributed by atoms with Crippen molar-refractivity contribution in [2.45, 2.75) is 0 Å². The van der Waals surface area contributed by atoms with Gasteiger partial charge in [0.25, 0.3) is 0 Å². The Bertz CT molecular complexity index is 408. The second-order valence-electron chi connectivity index (χ2n) is 1.96. The number of rotatable bonds is 0. The monoisotopic (exact) mass is 213 g/mol. The molecule has 7 heteroatoms. The van der Waals surface area contributed by atoms with Crippen LogP contribution in [0.1, 0.15) is 0 Å². The van der Waals surface area contributed by atoms with Gasteiger partial charge in [0, 0.05) is 12.4 Å². The van der Waals surface area contributed by atoms with Gasteiger partial charge in [-0.3, -0.25) is 10.1 Å². The van der Waals surface area contributed by atoms with E-state index in [1.165, 1.54) is 6.20 Å². The molecule has 0 saturated heterocycles. The Morgan fingerprint density at radius 1 is 1.15 bits per heavy atom. The summed E-state index contributed by atoms with van der Waals surface area (Å²) in [6.07, 6.45) is 6.48. The molecule has 0 aliphatic heterocycles. The van der Waals surface area contributed by atoms with Crippen molar-refractivity contribution >= 4 is 24.4 Å². The lowest BCUT2D eigenvalue weighted by Crippen LogP contribution is -1.71. The van der Waals surface area contributed by atoms with Crippen molar-refractivity contribution in [3.63, 3.8) is 0 Å². The fraction of sp³-hybridized carbons (Fsp3) is 0. The zero-order valence-electron chi connectivity index (χ0n) is 6.52. The second-order valence-corrected chi connectivity index (χ2v) is 2.84. The maximum Gasteiger partial charge on any atom is 0.139 e. The Kier molecular flexibility index (Phi) is 4.00. The molecule has 2 aromatic heterocycles. The van der Waals surface area contributed by atoms with Crippen LogP contribution in [0.15, 0.2) is 24.8 Å². The number of H-pyrrole nitrogens is 3. The number of nitrogens with zero attached hydrogens (tertiary/aromatic N) is 2. The lowest BCUT2D eigenvalue weighted by atomic mass is 10.8. The molecule has 2 aromatic rings. The highest BCUT2D eigenvalue weighted by molar-refractivity contribution is 7.71. The van der Waals surface area contributed by atoms with E-state index in [-0.39, 0.29) is 0 Å². The van der Waals surface area contributed by atoms with Crippen molar-refractivity contribution in [1.82, 2.24) is 25.4 Å². The molecule has 0 spiro atoms. The summed E-state index contributed by atoms with van der Waals surface area (Å²) >= 11 is 9.29. The molecule has 0 amide bonds. The van der Waals surface area contributed by atoms with Crippen LogP contribution in [0.5, 0.6) is 0 Å². The normalized spacial score (nSPS) is 8.62. The average molecular weight is 213 g/mol. The van der Waals surface area contributed by atoms with Gasteiger partial charge in [0.2, 0.25) is 0 Å². The third-order valence-corrected chi connectivity index (χ3v) is 1.43. The quantitative estimate of drug-likeness (QED) is 0.581. The first-order valence-electron chi connectivity index (χ1n) is 3.36. The smallest absolute Gasteiger partial charge is 0.139 e. The molecule has 0 unspecified atom stereocenters. The van der Waals surface area contributed by atoms with Gasteiger partial charge in [0.05, 0.1) is 12.4 Å². The first-order chi connectivity index (χ1) is 6.29. The van der Waals surface area contributed by atoms with Crippen LogP contribution in [0.2, 0.25) is 0 Å². The van der Waals surface area contributed by atoms with Gasteiger partial charge in [-0.25, -0.2) is 5.21 Å². The van der Waals surface area contributed by atoms with Crippen LogP contribution in [0, 0.1) is 9.28 Å². The summed E-state index contributed by atoms with van der Waals surface area (Å²) in [7, 11) is 0. The van der Waals surface area contributed by atoms with E-state index in [1.54, 1.807) is 18.6 Å². The highest BCUT2D eigenvalue weighted by atomic mass is 32.1. The van der Waals surface area contributed by atoms with Crippen LogP contribution in [-0.2, 0) is 0 Å². The lowest BCUT2D eigenvalue weighted by Gasteiger charge is -1.76. The van der Waals surface area contributed by atoms with Crippen molar-refractivity contribution in [1.29, 1.82) is 0 Å². The summed E-state index contributed by atoms with van der Waals surface area (Å²) in [5.74, 6) is 0. The van der Waals surface area contributed by atoms with Gasteiger partial charge in [-0.05, 0) is 0 Å². The minimum atomic E-state index is 0.634. The molecule has 0 radical (unpaired) electrons. The predicted molar refractivity (Wildman–Crippen MR) is 53.2 cm³/mol. The van der Waals surface area contributed by atoms with Crippen LogP contribution in [0.3, 0.4) is 0 Å². The van der Waals surface area contributed by atoms with E-state index >= 15 is 0 Å². The van der Waals surface area contributed by atoms with Gasteiger partial charge in [0.15, 0.2) is 0 Å². The molecule has 0 atom stereocenters. The van der Waals surface area contributed by atoms with Crippen molar-refractivity contribution in [3.8, 4) is 0 Å². The van der Waals surface area contributed by atoms with Crippen molar-refractivity contribution < 1.29 is 0 Å². The molecule has 0 saturated carbocycles. The van der Waals surface area contributed by atoms with E-state index in [9.17, 15) is 0 Å². The SMILES string of the molecule is S=c1cn[nH][nH]1.S=c1cncc[nH]1. The van der Waals surface area contributed by atoms with Gasteiger partial charge in [-0.15, -0.1) is 0 Å². The third-order valence-electron chi connectivity index (χ3n) is 1.00. The van der Waals surface area contributed by atoms with E-state index in [4.69, 9.17) is 12.2 Å². The first kappa shape index (κ1) is 9.75. The number of hydrogen-bond acceptors (Lipinski definition) is 4. The van der Waals surface area contributed by atoms with E-state index in [1.807, 2.05) is 0 Å². The molecule has 5 nitrogen and oxygen atoms in total. The van der Waals surface area contributed by atoms with E-state index in [2.05, 4.69) is 37.6 Å². The Balaban J connectivity index is 0.000000132. The van der Waals surface area contributed by atoms with Gasteiger partial charge >= 0.3 is 0 Å². The van der Waals surface area contributed by atoms with Crippen LogP contribution in [0.4, 0.5) is 0 Å². The highest BCUT2D eigenvalue weighted by Crippen LogP contribution is 1.75. The zero-order valence-corrected chi connectivity index (χ0v) is 8.15. The lowest BCUT2D eigenvalue weighted by molar-refractivity contribution is 0.937. The minimum absolute atomic E-state index is 0.634. The van der Waals surface area contributed by atoms with E-state index in [0.29, 0.717) is 9.28 Å². The van der Waals surface area contributed by atoms with Crippen LogP contribution >= 0.6 is 24.4 Å². The van der Waals surface area contributed by atoms with Crippen LogP contribution in [-0.4, -0.2) is 25.4 Å². The van der Waals surface area contributed by atoms with Crippen LogP contribution in [0.25, 0.3) is 0 Å². The molecular weight excluding hydrogens is 206 g/mol. The molecule has 3 N–H and O–H groups in total. The number of aromatic amines is 3. The maximum atomic E-state index is 4.69. The molecule has 2 rings (SSSR count). The van der Waals surface area contributed by atoms with Gasteiger partial charge in [-0.1, -0.05) is 24.4 Å². The average Bonchev–Trinajstić information content (AvgIpc) is 2.58. The summed E-state index contributed by atoms with van der Waals surface area (Å²) in [6, 6.07) is 0. The third kappa shape index (κ3) is 4.28. The second kappa shape index (κ2) is 5.33. The first-order valence-corrected chi connectivity index (χ1v) is 4.17. The Morgan fingerprint density at radius 2 is 2.00 bits per heavy atom. The summed E-state index contributed by atoms with van der Waals surface area (Å²) in [5.41, 5.74) is 0. The molecular formula is C6H7N5S2. The Labute approximate surface area is 84.2 Å². The van der Waals surface area contributed by atoms with Gasteiger partial charge in [-0.2, -0.15) is 5.10 Å². The molecule has 2 heterocycles. The summed E-state index contributed by atoms with van der Waals surface area (Å²) in [5, 5.41) is 8.57. The predicted octanol–water partition coefficient (Wildman–Crippen LogP) is 1.61. The Morgan fingerprint density at radius 3 is 2.23 bits per heavy atom. The highest BCUT2D eigenvalue weighted by Gasteiger charge is 1.67. The maximum absolute atomic E-state index is 4.69. The molecule has 13 heavy (non-hydrogen) atoms. The van der Waals surface area contributed by atoms with Crippen LogP contribution < -0.4 is 0 Å². The Hall–Kier alpha value is -1.34. The molecule has 0 aliphatic rings. The molecule has 0 bridgehead atoms. The van der Waals surface area contributed by atoms with E-state index in [0.717, 1.165) is 0 Å². The van der Waals surface area contributed by atoms with E-state index < -0.39 is 0 Å². The van der Waals surface area contributed by atoms with Gasteiger partial charge in [0.1, 0.15) is 9.28 Å². The standard InChI is InChI=1S/C4H4N2S.C2H3N3S/c7-4-3-5-1-2-6-4;6-2-1-3-5-4-2/h1-3H,(H,6,7);1H,(H2,3,4,5,6). The van der Waals surface area contributed by atoms with Gasteiger partial charge < -0.3 is 4.98 Å². The summed E-state index contributed by atoms with van der Waals surface area (Å²) < 4.78 is 1.30. The molecule has 0 fully saturated rings. The topological polar surface area (TPSA) is 73.2 Å². The number of aromatic nitrogens is 5. The van der Waals surface area contributed by atoms with Crippen molar-refractivity contribution in [2.24, 2.45) is 0 Å². The minimum Gasteiger partial charge on any atom is -0.350 e. The largest absolute Gasteiger partial charge is 0.350 e. The fourth-order valence-corrected chi connectivity index (χ4v) is 0.748. The number of nitrogens with one attached hydrogen (secondary N) is 3. The zero-order chi connectivity index (χ0) is 9.52. The molecule has 0 aromatic carbocycles. The molecule has 68 valence electrons.